The van der Waals surface area contributed by atoms with Crippen molar-refractivity contribution in [2.75, 3.05) is 0 Å². The Hall–Kier alpha value is -2.45. The maximum absolute atomic E-state index is 8.52. The highest BCUT2D eigenvalue weighted by atomic mass is 16.3. The SMILES string of the molecule is [N-]=[N+]=Nc1cccc2oc3ccccc3c12. The number of benzene rings is 2. The van der Waals surface area contributed by atoms with E-state index in [1.807, 2.05) is 36.4 Å². The lowest BCUT2D eigenvalue weighted by Crippen LogP contribution is -1.67. The quantitative estimate of drug-likeness (QED) is 0.330. The van der Waals surface area contributed by atoms with E-state index < -0.39 is 0 Å². The van der Waals surface area contributed by atoms with Crippen LogP contribution in [-0.4, -0.2) is 0 Å². The smallest absolute Gasteiger partial charge is 0.135 e. The predicted molar refractivity (Wildman–Crippen MR) is 62.5 cm³/mol. The predicted octanol–water partition coefficient (Wildman–Crippen LogP) is 4.53. The van der Waals surface area contributed by atoms with E-state index in [0.29, 0.717) is 5.69 Å². The highest BCUT2D eigenvalue weighted by Gasteiger charge is 2.08. The molecule has 0 bridgehead atoms. The summed E-state index contributed by atoms with van der Waals surface area (Å²) in [6.07, 6.45) is 0. The topological polar surface area (TPSA) is 61.9 Å². The fourth-order valence-corrected chi connectivity index (χ4v) is 1.89. The number of hydrogen-bond acceptors (Lipinski definition) is 2. The van der Waals surface area contributed by atoms with Gasteiger partial charge in [0.25, 0.3) is 0 Å². The molecule has 3 aromatic rings. The van der Waals surface area contributed by atoms with Crippen LogP contribution in [0.25, 0.3) is 32.4 Å². The Morgan fingerprint density at radius 3 is 2.69 bits per heavy atom. The highest BCUT2D eigenvalue weighted by Crippen LogP contribution is 2.35. The highest BCUT2D eigenvalue weighted by molar-refractivity contribution is 6.10. The van der Waals surface area contributed by atoms with Gasteiger partial charge in [0.05, 0.1) is 0 Å². The molecule has 0 unspecified atom stereocenters. The lowest BCUT2D eigenvalue weighted by atomic mass is 10.1. The van der Waals surface area contributed by atoms with Crippen molar-refractivity contribution in [3.63, 3.8) is 0 Å². The van der Waals surface area contributed by atoms with Crippen molar-refractivity contribution in [2.24, 2.45) is 5.11 Å². The van der Waals surface area contributed by atoms with Gasteiger partial charge in [0.1, 0.15) is 11.2 Å². The van der Waals surface area contributed by atoms with Crippen LogP contribution in [-0.2, 0) is 0 Å². The average Bonchev–Trinajstić information content (AvgIpc) is 2.68. The van der Waals surface area contributed by atoms with Crippen LogP contribution >= 0.6 is 0 Å². The van der Waals surface area contributed by atoms with Crippen molar-refractivity contribution in [1.29, 1.82) is 0 Å². The number of fused-ring (bicyclic) bond motifs is 3. The third kappa shape index (κ3) is 1.14. The van der Waals surface area contributed by atoms with Gasteiger partial charge in [0.15, 0.2) is 0 Å². The van der Waals surface area contributed by atoms with Crippen LogP contribution in [0.1, 0.15) is 0 Å². The van der Waals surface area contributed by atoms with Crippen LogP contribution in [0.5, 0.6) is 0 Å². The summed E-state index contributed by atoms with van der Waals surface area (Å²) in [5.41, 5.74) is 10.7. The van der Waals surface area contributed by atoms with Crippen LogP contribution in [0.4, 0.5) is 5.69 Å². The van der Waals surface area contributed by atoms with Gasteiger partial charge in [-0.3, -0.25) is 0 Å². The minimum absolute atomic E-state index is 0.602. The summed E-state index contributed by atoms with van der Waals surface area (Å²) in [6, 6.07) is 13.2. The first-order valence-electron chi connectivity index (χ1n) is 4.85. The molecule has 1 aromatic heterocycles. The largest absolute Gasteiger partial charge is 0.456 e. The van der Waals surface area contributed by atoms with Crippen LogP contribution in [0, 0.1) is 0 Å². The second-order valence-electron chi connectivity index (χ2n) is 3.44. The molecule has 4 nitrogen and oxygen atoms in total. The molecule has 0 fully saturated rings. The van der Waals surface area contributed by atoms with E-state index in [-0.39, 0.29) is 0 Å². The molecule has 0 aliphatic carbocycles. The summed E-state index contributed by atoms with van der Waals surface area (Å²) in [7, 11) is 0. The molecule has 2 aromatic carbocycles. The van der Waals surface area contributed by atoms with Gasteiger partial charge in [-0.2, -0.15) is 0 Å². The van der Waals surface area contributed by atoms with Crippen molar-refractivity contribution in [3.8, 4) is 0 Å². The molecular formula is C12H7N3O. The first-order chi connectivity index (χ1) is 7.90. The molecule has 0 spiro atoms. The second kappa shape index (κ2) is 3.29. The maximum Gasteiger partial charge on any atom is 0.135 e. The monoisotopic (exact) mass is 209 g/mol. The molecule has 0 aliphatic heterocycles. The number of rotatable bonds is 1. The molecule has 4 heteroatoms. The van der Waals surface area contributed by atoms with Gasteiger partial charge in [-0.05, 0) is 17.7 Å². The minimum Gasteiger partial charge on any atom is -0.456 e. The molecule has 0 saturated carbocycles. The molecule has 0 aliphatic rings. The van der Waals surface area contributed by atoms with Gasteiger partial charge in [0.2, 0.25) is 0 Å². The normalized spacial score (nSPS) is 10.5. The fourth-order valence-electron chi connectivity index (χ4n) is 1.89. The number of azide groups is 1. The Bertz CT molecular complexity index is 723. The first-order valence-corrected chi connectivity index (χ1v) is 4.85. The van der Waals surface area contributed by atoms with Crippen LogP contribution < -0.4 is 0 Å². The number of para-hydroxylation sites is 1. The van der Waals surface area contributed by atoms with Gasteiger partial charge in [0, 0.05) is 21.4 Å². The molecule has 0 amide bonds. The Balaban J connectivity index is 2.57. The van der Waals surface area contributed by atoms with Crippen LogP contribution in [0.2, 0.25) is 0 Å². The summed E-state index contributed by atoms with van der Waals surface area (Å²) in [5, 5.41) is 5.52. The molecular weight excluding hydrogens is 202 g/mol. The van der Waals surface area contributed by atoms with Gasteiger partial charge in [-0.25, -0.2) is 0 Å². The zero-order valence-electron chi connectivity index (χ0n) is 8.29. The standard InChI is InChI=1S/C12H7N3O/c13-15-14-9-5-3-7-11-12(9)8-4-1-2-6-10(8)16-11/h1-7H. The third-order valence-electron chi connectivity index (χ3n) is 2.53. The summed E-state index contributed by atoms with van der Waals surface area (Å²) in [6.45, 7) is 0. The van der Waals surface area contributed by atoms with Crippen LogP contribution in [0.15, 0.2) is 52.0 Å². The van der Waals surface area contributed by atoms with Crippen molar-refractivity contribution in [2.45, 2.75) is 0 Å². The Kier molecular flexibility index (Phi) is 1.82. The number of furan rings is 1. The lowest BCUT2D eigenvalue weighted by Gasteiger charge is -1.93. The summed E-state index contributed by atoms with van der Waals surface area (Å²) in [4.78, 5) is 2.83. The lowest BCUT2D eigenvalue weighted by molar-refractivity contribution is 0.669. The Morgan fingerprint density at radius 1 is 1.00 bits per heavy atom. The second-order valence-corrected chi connectivity index (χ2v) is 3.44. The zero-order chi connectivity index (χ0) is 11.0. The van der Waals surface area contributed by atoms with Crippen LogP contribution in [0.3, 0.4) is 0 Å². The molecule has 1 heterocycles. The van der Waals surface area contributed by atoms with Crippen molar-refractivity contribution in [3.05, 3.63) is 52.9 Å². The minimum atomic E-state index is 0.602. The van der Waals surface area contributed by atoms with E-state index >= 15 is 0 Å². The average molecular weight is 209 g/mol. The fraction of sp³-hybridized carbons (Fsp3) is 0. The summed E-state index contributed by atoms with van der Waals surface area (Å²) >= 11 is 0. The third-order valence-corrected chi connectivity index (χ3v) is 2.53. The Morgan fingerprint density at radius 2 is 1.81 bits per heavy atom. The van der Waals surface area contributed by atoms with Crippen molar-refractivity contribution >= 4 is 27.6 Å². The first kappa shape index (κ1) is 8.83. The van der Waals surface area contributed by atoms with Crippen molar-refractivity contribution in [1.82, 2.24) is 0 Å². The Labute approximate surface area is 90.7 Å². The molecule has 0 N–H and O–H groups in total. The zero-order valence-corrected chi connectivity index (χ0v) is 8.29. The van der Waals surface area contributed by atoms with E-state index in [9.17, 15) is 0 Å². The molecule has 0 atom stereocenters. The van der Waals surface area contributed by atoms with E-state index in [1.54, 1.807) is 6.07 Å². The number of hydrogen-bond donors (Lipinski definition) is 0. The van der Waals surface area contributed by atoms with Gasteiger partial charge in [-0.15, -0.1) is 0 Å². The molecule has 16 heavy (non-hydrogen) atoms. The van der Waals surface area contributed by atoms with E-state index in [4.69, 9.17) is 9.95 Å². The van der Waals surface area contributed by atoms with E-state index in [2.05, 4.69) is 10.0 Å². The molecule has 76 valence electrons. The van der Waals surface area contributed by atoms with Gasteiger partial charge < -0.3 is 4.42 Å². The van der Waals surface area contributed by atoms with E-state index in [1.165, 1.54) is 0 Å². The van der Waals surface area contributed by atoms with Gasteiger partial charge in [-0.1, -0.05) is 35.4 Å². The summed E-state index contributed by atoms with van der Waals surface area (Å²) < 4.78 is 5.66. The van der Waals surface area contributed by atoms with Crippen molar-refractivity contribution < 1.29 is 4.42 Å². The number of nitrogens with zero attached hydrogens (tertiary/aromatic N) is 3. The van der Waals surface area contributed by atoms with E-state index in [0.717, 1.165) is 21.9 Å². The molecule has 3 rings (SSSR count). The maximum atomic E-state index is 8.52. The molecule has 0 radical (unpaired) electrons. The van der Waals surface area contributed by atoms with Gasteiger partial charge >= 0.3 is 0 Å². The summed E-state index contributed by atoms with van der Waals surface area (Å²) in [5.74, 6) is 0. The molecule has 0 saturated heterocycles.